The lowest BCUT2D eigenvalue weighted by Gasteiger charge is -2.06. The minimum absolute atomic E-state index is 0.530. The third-order valence-electron chi connectivity index (χ3n) is 2.51. The topological polar surface area (TPSA) is 30.9 Å². The fourth-order valence-corrected chi connectivity index (χ4v) is 1.64. The molecule has 0 aliphatic heterocycles. The van der Waals surface area contributed by atoms with Gasteiger partial charge < -0.3 is 10.3 Å². The normalized spacial score (nSPS) is 11.8. The lowest BCUT2D eigenvalue weighted by atomic mass is 10.3. The Balaban J connectivity index is 2.46. The van der Waals surface area contributed by atoms with Crippen molar-refractivity contribution in [2.45, 2.75) is 13.1 Å². The number of halogens is 3. The Morgan fingerprint density at radius 1 is 1.12 bits per heavy atom. The number of aryl methyl sites for hydroxylation is 1. The van der Waals surface area contributed by atoms with Crippen LogP contribution in [0.2, 0.25) is 0 Å². The highest BCUT2D eigenvalue weighted by molar-refractivity contribution is 5.46. The number of benzene rings is 1. The number of aromatic nitrogens is 1. The van der Waals surface area contributed by atoms with E-state index in [0.29, 0.717) is 17.1 Å². The Hall–Kier alpha value is -1.91. The molecule has 0 fully saturated rings. The van der Waals surface area contributed by atoms with E-state index in [1.54, 1.807) is 31.2 Å². The highest BCUT2D eigenvalue weighted by Crippen LogP contribution is 2.31. The maximum Gasteiger partial charge on any atom is 0.417 e. The van der Waals surface area contributed by atoms with Crippen molar-refractivity contribution in [2.24, 2.45) is 0 Å². The maximum atomic E-state index is 12.5. The van der Waals surface area contributed by atoms with Gasteiger partial charge in [-0.2, -0.15) is 13.2 Å². The van der Waals surface area contributed by atoms with Crippen molar-refractivity contribution < 1.29 is 13.2 Å². The Morgan fingerprint density at radius 3 is 2.18 bits per heavy atom. The van der Waals surface area contributed by atoms with Gasteiger partial charge in [0.1, 0.15) is 0 Å². The molecule has 0 bridgehead atoms. The number of nitrogen functional groups attached to an aromatic ring is 1. The molecule has 0 spiro atoms. The van der Waals surface area contributed by atoms with Crippen LogP contribution in [0.15, 0.2) is 36.5 Å². The second kappa shape index (κ2) is 3.84. The van der Waals surface area contributed by atoms with Gasteiger partial charge in [0.05, 0.1) is 5.56 Å². The highest BCUT2D eigenvalue weighted by Gasteiger charge is 2.32. The number of hydrogen-bond donors (Lipinski definition) is 1. The van der Waals surface area contributed by atoms with Crippen LogP contribution in [-0.4, -0.2) is 4.57 Å². The predicted molar refractivity (Wildman–Crippen MR) is 59.9 cm³/mol. The number of alkyl halides is 3. The first-order valence-electron chi connectivity index (χ1n) is 5.00. The molecule has 0 aliphatic rings. The van der Waals surface area contributed by atoms with Gasteiger partial charge in [-0.05, 0) is 37.3 Å². The van der Waals surface area contributed by atoms with Crippen molar-refractivity contribution >= 4 is 5.69 Å². The number of anilines is 1. The number of nitrogens with two attached hydrogens (primary N) is 1. The Bertz CT molecular complexity index is 524. The van der Waals surface area contributed by atoms with E-state index < -0.39 is 11.7 Å². The monoisotopic (exact) mass is 240 g/mol. The van der Waals surface area contributed by atoms with E-state index in [1.807, 2.05) is 0 Å². The van der Waals surface area contributed by atoms with Gasteiger partial charge in [-0.25, -0.2) is 0 Å². The average molecular weight is 240 g/mol. The molecule has 1 aromatic carbocycles. The van der Waals surface area contributed by atoms with E-state index in [1.165, 1.54) is 4.57 Å². The van der Waals surface area contributed by atoms with Gasteiger partial charge in [-0.15, -0.1) is 0 Å². The molecule has 2 aromatic rings. The lowest BCUT2D eigenvalue weighted by molar-refractivity contribution is -0.137. The fourth-order valence-electron chi connectivity index (χ4n) is 1.64. The fraction of sp³-hybridized carbons (Fsp3) is 0.167. The maximum absolute atomic E-state index is 12.5. The zero-order valence-electron chi connectivity index (χ0n) is 9.12. The van der Waals surface area contributed by atoms with Crippen LogP contribution in [0.3, 0.4) is 0 Å². The molecule has 2 N–H and O–H groups in total. The molecule has 2 rings (SSSR count). The number of hydrogen-bond acceptors (Lipinski definition) is 1. The summed E-state index contributed by atoms with van der Waals surface area (Å²) in [7, 11) is 0. The first-order valence-corrected chi connectivity index (χ1v) is 5.00. The minimum atomic E-state index is -4.32. The first kappa shape index (κ1) is 11.6. The molecule has 1 aromatic heterocycles. The van der Waals surface area contributed by atoms with Gasteiger partial charge in [0.2, 0.25) is 0 Å². The van der Waals surface area contributed by atoms with Gasteiger partial charge in [-0.1, -0.05) is 0 Å². The van der Waals surface area contributed by atoms with Gasteiger partial charge >= 0.3 is 6.18 Å². The number of nitrogens with zero attached hydrogens (tertiary/aromatic N) is 1. The van der Waals surface area contributed by atoms with Crippen LogP contribution in [0.25, 0.3) is 5.69 Å². The van der Waals surface area contributed by atoms with Crippen LogP contribution >= 0.6 is 0 Å². The molecule has 0 radical (unpaired) electrons. The molecular formula is C12H11F3N2. The van der Waals surface area contributed by atoms with E-state index in [9.17, 15) is 13.2 Å². The van der Waals surface area contributed by atoms with E-state index >= 15 is 0 Å². The van der Waals surface area contributed by atoms with Crippen molar-refractivity contribution in [2.75, 3.05) is 5.73 Å². The molecule has 90 valence electrons. The Morgan fingerprint density at radius 2 is 1.71 bits per heavy atom. The molecule has 0 unspecified atom stereocenters. The average Bonchev–Trinajstić information content (AvgIpc) is 2.61. The standard InChI is InChI=1S/C12H11F3N2/c1-8-6-9(12(13,14)15)7-17(8)11-4-2-10(16)3-5-11/h2-7H,16H2,1H3. The van der Waals surface area contributed by atoms with Crippen molar-refractivity contribution in [3.63, 3.8) is 0 Å². The number of rotatable bonds is 1. The predicted octanol–water partition coefficient (Wildman–Crippen LogP) is 3.39. The molecule has 0 amide bonds. The highest BCUT2D eigenvalue weighted by atomic mass is 19.4. The van der Waals surface area contributed by atoms with Gasteiger partial charge in [0, 0.05) is 23.3 Å². The van der Waals surface area contributed by atoms with E-state index in [0.717, 1.165) is 12.3 Å². The molecule has 17 heavy (non-hydrogen) atoms. The summed E-state index contributed by atoms with van der Waals surface area (Å²) in [6.45, 7) is 1.63. The molecule has 5 heteroatoms. The first-order chi connectivity index (χ1) is 7.88. The largest absolute Gasteiger partial charge is 0.417 e. The van der Waals surface area contributed by atoms with Crippen molar-refractivity contribution in [1.82, 2.24) is 4.57 Å². The molecule has 0 saturated heterocycles. The van der Waals surface area contributed by atoms with Gasteiger partial charge in [0.25, 0.3) is 0 Å². The second-order valence-corrected chi connectivity index (χ2v) is 3.83. The summed E-state index contributed by atoms with van der Waals surface area (Å²) >= 11 is 0. The van der Waals surface area contributed by atoms with Crippen LogP contribution in [0.1, 0.15) is 11.3 Å². The molecule has 2 nitrogen and oxygen atoms in total. The summed E-state index contributed by atoms with van der Waals surface area (Å²) in [6, 6.07) is 7.80. The van der Waals surface area contributed by atoms with Crippen LogP contribution < -0.4 is 5.73 Å². The molecular weight excluding hydrogens is 229 g/mol. The second-order valence-electron chi connectivity index (χ2n) is 3.83. The molecule has 0 aliphatic carbocycles. The summed E-state index contributed by atoms with van der Waals surface area (Å²) < 4.78 is 39.1. The molecule has 1 heterocycles. The smallest absolute Gasteiger partial charge is 0.399 e. The quantitative estimate of drug-likeness (QED) is 0.761. The zero-order chi connectivity index (χ0) is 12.6. The van der Waals surface area contributed by atoms with Gasteiger partial charge in [0.15, 0.2) is 0 Å². The summed E-state index contributed by atoms with van der Waals surface area (Å²) in [4.78, 5) is 0. The molecule has 0 atom stereocenters. The van der Waals surface area contributed by atoms with Crippen molar-refractivity contribution in [3.8, 4) is 5.69 Å². The summed E-state index contributed by atoms with van der Waals surface area (Å²) in [5, 5.41) is 0. The molecule has 0 saturated carbocycles. The van der Waals surface area contributed by atoms with Crippen LogP contribution in [0.5, 0.6) is 0 Å². The summed E-state index contributed by atoms with van der Waals surface area (Å²) in [5.41, 5.74) is 6.65. The van der Waals surface area contributed by atoms with Gasteiger partial charge in [-0.3, -0.25) is 0 Å². The van der Waals surface area contributed by atoms with Crippen LogP contribution in [0.4, 0.5) is 18.9 Å². The van der Waals surface area contributed by atoms with E-state index in [2.05, 4.69) is 0 Å². The summed E-state index contributed by atoms with van der Waals surface area (Å²) in [5.74, 6) is 0. The lowest BCUT2D eigenvalue weighted by Crippen LogP contribution is -2.03. The Labute approximate surface area is 96.5 Å². The van der Waals surface area contributed by atoms with E-state index in [-0.39, 0.29) is 0 Å². The SMILES string of the molecule is Cc1cc(C(F)(F)F)cn1-c1ccc(N)cc1. The van der Waals surface area contributed by atoms with Crippen molar-refractivity contribution in [3.05, 3.63) is 47.8 Å². The minimum Gasteiger partial charge on any atom is -0.399 e. The van der Waals surface area contributed by atoms with E-state index in [4.69, 9.17) is 5.73 Å². The third kappa shape index (κ3) is 2.27. The van der Waals surface area contributed by atoms with Crippen LogP contribution in [0, 0.1) is 6.92 Å². The Kier molecular flexibility index (Phi) is 2.61. The summed E-state index contributed by atoms with van der Waals surface area (Å²) in [6.07, 6.45) is -3.23. The zero-order valence-corrected chi connectivity index (χ0v) is 9.12. The third-order valence-corrected chi connectivity index (χ3v) is 2.51. The van der Waals surface area contributed by atoms with Crippen molar-refractivity contribution in [1.29, 1.82) is 0 Å². The van der Waals surface area contributed by atoms with Crippen LogP contribution in [-0.2, 0) is 6.18 Å².